The first-order valence-electron chi connectivity index (χ1n) is 6.41. The fourth-order valence-electron chi connectivity index (χ4n) is 1.57. The zero-order chi connectivity index (χ0) is 17.2. The molecular weight excluding hydrogens is 338 g/mol. The van der Waals surface area contributed by atoms with Crippen LogP contribution in [0.15, 0.2) is 48.5 Å². The Bertz CT molecular complexity index is 696. The molecule has 2 atom stereocenters. The largest absolute Gasteiger partial charge is 0.397 e. The van der Waals surface area contributed by atoms with Crippen LogP contribution >= 0.6 is 16.5 Å². The summed E-state index contributed by atoms with van der Waals surface area (Å²) in [6, 6.07) is 15.7. The van der Waals surface area contributed by atoms with Crippen LogP contribution in [0, 0.1) is 0 Å². The van der Waals surface area contributed by atoms with Gasteiger partial charge < -0.3 is 21.3 Å². The van der Waals surface area contributed by atoms with Gasteiger partial charge in [-0.15, -0.1) is 0 Å². The van der Waals surface area contributed by atoms with Gasteiger partial charge in [0.25, 0.3) is 0 Å². The zero-order valence-electron chi connectivity index (χ0n) is 12.0. The van der Waals surface area contributed by atoms with Crippen LogP contribution in [0.1, 0.15) is 11.1 Å². The highest BCUT2D eigenvalue weighted by Crippen LogP contribution is 2.30. The summed E-state index contributed by atoms with van der Waals surface area (Å²) in [5, 5.41) is 0. The van der Waals surface area contributed by atoms with Crippen molar-refractivity contribution in [2.24, 2.45) is 0 Å². The van der Waals surface area contributed by atoms with Crippen LogP contribution in [0.25, 0.3) is 12.2 Å². The van der Waals surface area contributed by atoms with Crippen molar-refractivity contribution in [3.05, 3.63) is 59.7 Å². The summed E-state index contributed by atoms with van der Waals surface area (Å²) in [6.07, 6.45) is 3.99. The highest BCUT2D eigenvalue weighted by molar-refractivity contribution is 7.46. The van der Waals surface area contributed by atoms with Crippen molar-refractivity contribution in [1.29, 1.82) is 0 Å². The van der Waals surface area contributed by atoms with Crippen LogP contribution < -0.4 is 11.5 Å². The topological polar surface area (TPSA) is 136 Å². The van der Waals surface area contributed by atoms with Gasteiger partial charge in [-0.3, -0.25) is 9.13 Å². The Labute approximate surface area is 135 Å². The quantitative estimate of drug-likeness (QED) is 0.376. The molecule has 6 N–H and O–H groups in total. The minimum atomic E-state index is -3.20. The Morgan fingerprint density at radius 1 is 0.870 bits per heavy atom. The molecule has 0 saturated heterocycles. The van der Waals surface area contributed by atoms with E-state index in [-0.39, 0.29) is 0 Å². The average molecular weight is 356 g/mol. The van der Waals surface area contributed by atoms with E-state index >= 15 is 0 Å². The molecule has 23 heavy (non-hydrogen) atoms. The molecule has 2 aromatic carbocycles. The Kier molecular flexibility index (Phi) is 8.33. The first kappa shape index (κ1) is 19.2. The maximum atomic E-state index is 9.44. The number of benzene rings is 2. The van der Waals surface area contributed by atoms with Gasteiger partial charge in [-0.05, 0) is 17.2 Å². The summed E-state index contributed by atoms with van der Waals surface area (Å²) in [5.41, 5.74) is 14.9. The molecule has 0 aromatic heterocycles. The van der Waals surface area contributed by atoms with Crippen LogP contribution in [0.2, 0.25) is 0 Å². The van der Waals surface area contributed by atoms with E-state index in [4.69, 9.17) is 21.3 Å². The molecular formula is C14H18N2O5P2. The van der Waals surface area contributed by atoms with E-state index in [0.29, 0.717) is 11.4 Å². The predicted molar refractivity (Wildman–Crippen MR) is 94.2 cm³/mol. The molecule has 0 aliphatic heterocycles. The van der Waals surface area contributed by atoms with Gasteiger partial charge in [-0.25, -0.2) is 4.31 Å². The second-order valence-electron chi connectivity index (χ2n) is 4.23. The van der Waals surface area contributed by atoms with Crippen molar-refractivity contribution in [3.63, 3.8) is 0 Å². The third-order valence-electron chi connectivity index (χ3n) is 2.60. The van der Waals surface area contributed by atoms with Crippen molar-refractivity contribution < 1.29 is 23.2 Å². The second kappa shape index (κ2) is 10.0. The van der Waals surface area contributed by atoms with E-state index in [0.717, 1.165) is 11.1 Å². The number of nitrogen functional groups attached to an aromatic ring is 2. The lowest BCUT2D eigenvalue weighted by molar-refractivity contribution is 0.371. The average Bonchev–Trinajstić information content (AvgIpc) is 2.49. The molecule has 2 unspecified atom stereocenters. The second-order valence-corrected chi connectivity index (χ2v) is 6.11. The lowest BCUT2D eigenvalue weighted by Crippen LogP contribution is -1.96. The fourth-order valence-corrected chi connectivity index (χ4v) is 2.17. The van der Waals surface area contributed by atoms with E-state index in [1.807, 2.05) is 54.6 Å². The Balaban J connectivity index is 0.000000322. The third-order valence-corrected chi connectivity index (χ3v) is 4.00. The number of para-hydroxylation sites is 1. The number of anilines is 2. The molecule has 0 heterocycles. The highest BCUT2D eigenvalue weighted by Gasteiger charge is 1.97. The maximum absolute atomic E-state index is 9.44. The van der Waals surface area contributed by atoms with Crippen molar-refractivity contribution in [3.8, 4) is 0 Å². The minimum absolute atomic E-state index is 0.621. The minimum Gasteiger partial charge on any atom is -0.397 e. The van der Waals surface area contributed by atoms with Gasteiger partial charge in [0, 0.05) is 0 Å². The van der Waals surface area contributed by atoms with Crippen molar-refractivity contribution >= 4 is 40.0 Å². The summed E-state index contributed by atoms with van der Waals surface area (Å²) in [4.78, 5) is 15.4. The summed E-state index contributed by atoms with van der Waals surface area (Å²) >= 11 is 0. The van der Waals surface area contributed by atoms with E-state index in [1.54, 1.807) is 6.07 Å². The Morgan fingerprint density at radius 3 is 2.00 bits per heavy atom. The van der Waals surface area contributed by atoms with E-state index in [9.17, 15) is 9.13 Å². The molecule has 2 rings (SSSR count). The first-order valence-corrected chi connectivity index (χ1v) is 8.93. The van der Waals surface area contributed by atoms with Crippen LogP contribution in [-0.4, -0.2) is 9.79 Å². The van der Waals surface area contributed by atoms with Gasteiger partial charge in [0.15, 0.2) is 0 Å². The van der Waals surface area contributed by atoms with Crippen LogP contribution in [0.3, 0.4) is 0 Å². The smallest absolute Gasteiger partial charge is 0.323 e. The molecule has 0 aliphatic carbocycles. The molecule has 2 aromatic rings. The lowest BCUT2D eigenvalue weighted by atomic mass is 10.1. The van der Waals surface area contributed by atoms with Gasteiger partial charge >= 0.3 is 16.5 Å². The summed E-state index contributed by atoms with van der Waals surface area (Å²) < 4.78 is 22.3. The van der Waals surface area contributed by atoms with E-state index in [2.05, 4.69) is 4.31 Å². The molecule has 0 saturated carbocycles. The van der Waals surface area contributed by atoms with Crippen molar-refractivity contribution in [2.75, 3.05) is 11.5 Å². The molecule has 0 aliphatic rings. The van der Waals surface area contributed by atoms with Gasteiger partial charge in [0.1, 0.15) is 0 Å². The molecule has 9 heteroatoms. The Morgan fingerprint density at radius 2 is 1.48 bits per heavy atom. The van der Waals surface area contributed by atoms with Crippen LogP contribution in [-0.2, 0) is 13.4 Å². The van der Waals surface area contributed by atoms with Crippen LogP contribution in [0.5, 0.6) is 0 Å². The molecule has 0 fully saturated rings. The highest BCUT2D eigenvalue weighted by atomic mass is 31.2. The number of nitrogens with two attached hydrogens (primary N) is 2. The van der Waals surface area contributed by atoms with E-state index < -0.39 is 16.5 Å². The third kappa shape index (κ3) is 7.79. The maximum Gasteiger partial charge on any atom is 0.323 e. The summed E-state index contributed by atoms with van der Waals surface area (Å²) in [7, 11) is -6.40. The predicted octanol–water partition coefficient (Wildman–Crippen LogP) is 2.79. The normalized spacial score (nSPS) is 13.1. The Hall–Kier alpha value is -1.88. The van der Waals surface area contributed by atoms with Gasteiger partial charge in [0.05, 0.1) is 11.4 Å². The zero-order valence-corrected chi connectivity index (χ0v) is 14.0. The molecule has 0 bridgehead atoms. The fraction of sp³-hybridized carbons (Fsp3) is 0. The van der Waals surface area contributed by atoms with Gasteiger partial charge in [-0.1, -0.05) is 54.6 Å². The van der Waals surface area contributed by atoms with Crippen LogP contribution in [0.4, 0.5) is 11.4 Å². The number of hydrogen-bond acceptors (Lipinski definition) is 5. The summed E-state index contributed by atoms with van der Waals surface area (Å²) in [6.45, 7) is 0. The van der Waals surface area contributed by atoms with Crippen molar-refractivity contribution in [2.45, 2.75) is 0 Å². The molecule has 0 amide bonds. The van der Waals surface area contributed by atoms with Crippen molar-refractivity contribution in [1.82, 2.24) is 0 Å². The monoisotopic (exact) mass is 356 g/mol. The molecule has 7 nitrogen and oxygen atoms in total. The molecule has 124 valence electrons. The molecule has 0 spiro atoms. The first-order chi connectivity index (χ1) is 10.9. The number of hydrogen-bond donors (Lipinski definition) is 4. The molecule has 0 radical (unpaired) electrons. The van der Waals surface area contributed by atoms with Gasteiger partial charge in [0.2, 0.25) is 0 Å². The summed E-state index contributed by atoms with van der Waals surface area (Å²) in [5.74, 6) is 0. The van der Waals surface area contributed by atoms with Gasteiger partial charge in [-0.2, -0.15) is 0 Å². The van der Waals surface area contributed by atoms with E-state index in [1.165, 1.54) is 0 Å². The SMILES string of the molecule is Nc1cccc(C=Cc2ccccc2)c1N.O=[PH](O)O[PH](=O)O. The number of rotatable bonds is 4. The standard InChI is InChI=1S/C14H14N2.H4O5P2/c15-13-8-4-7-12(14(13)16)10-9-11-5-2-1-3-6-11;1-6(2)5-7(3)4/h1-10H,15-16H2;6-7H,(H,1,2)(H,3,4). The lowest BCUT2D eigenvalue weighted by Gasteiger charge is -2.03.